The molecule has 1 aromatic rings. The zero-order valence-corrected chi connectivity index (χ0v) is 13.4. The minimum Gasteiger partial charge on any atom is -0.378 e. The fourth-order valence-corrected chi connectivity index (χ4v) is 2.40. The number of amides is 1. The van der Waals surface area contributed by atoms with Gasteiger partial charge in [0.1, 0.15) is 6.04 Å². The minimum atomic E-state index is -0.241. The second-order valence-electron chi connectivity index (χ2n) is 6.68. The molecule has 1 aliphatic rings. The van der Waals surface area contributed by atoms with Crippen molar-refractivity contribution in [1.29, 1.82) is 0 Å². The predicted octanol–water partition coefficient (Wildman–Crippen LogP) is 2.15. The molecule has 0 aliphatic carbocycles. The highest BCUT2D eigenvalue weighted by Gasteiger charge is 2.22. The van der Waals surface area contributed by atoms with E-state index in [9.17, 15) is 4.79 Å². The van der Waals surface area contributed by atoms with Crippen LogP contribution < -0.4 is 10.6 Å². The van der Waals surface area contributed by atoms with Crippen LogP contribution in [0.15, 0.2) is 24.3 Å². The van der Waals surface area contributed by atoms with Gasteiger partial charge in [-0.15, -0.1) is 0 Å². The fourth-order valence-electron chi connectivity index (χ4n) is 2.40. The lowest BCUT2D eigenvalue weighted by molar-refractivity contribution is -0.126. The van der Waals surface area contributed by atoms with Gasteiger partial charge in [0.05, 0.1) is 19.3 Å². The van der Waals surface area contributed by atoms with Gasteiger partial charge in [0, 0.05) is 6.54 Å². The van der Waals surface area contributed by atoms with Gasteiger partial charge in [0.2, 0.25) is 5.91 Å². The zero-order valence-electron chi connectivity index (χ0n) is 13.4. The summed E-state index contributed by atoms with van der Waals surface area (Å²) in [6.45, 7) is 10.4. The molecule has 1 aliphatic heterocycles. The molecule has 116 valence electrons. The molecule has 21 heavy (non-hydrogen) atoms. The minimum absolute atomic E-state index is 0.00194. The lowest BCUT2D eigenvalue weighted by Gasteiger charge is -2.25. The third-order valence-electron chi connectivity index (χ3n) is 3.87. The van der Waals surface area contributed by atoms with Gasteiger partial charge < -0.3 is 15.4 Å². The Labute approximate surface area is 127 Å². The molecular weight excluding hydrogens is 264 g/mol. The van der Waals surface area contributed by atoms with Gasteiger partial charge in [0.15, 0.2) is 0 Å². The molecule has 1 fully saturated rings. The number of benzene rings is 1. The van der Waals surface area contributed by atoms with Crippen LogP contribution >= 0.6 is 0 Å². The molecule has 0 spiro atoms. The average Bonchev–Trinajstić information content (AvgIpc) is 2.47. The number of carbonyl (C=O) groups is 1. The highest BCUT2D eigenvalue weighted by Crippen LogP contribution is 2.23. The quantitative estimate of drug-likeness (QED) is 0.897. The van der Waals surface area contributed by atoms with E-state index in [2.05, 4.69) is 55.7 Å². The Kier molecular flexibility index (Phi) is 5.01. The number of nitrogens with one attached hydrogen (secondary N) is 2. The van der Waals surface area contributed by atoms with Crippen LogP contribution in [0.4, 0.5) is 0 Å². The molecule has 2 atom stereocenters. The molecule has 1 saturated heterocycles. The molecule has 0 bridgehead atoms. The first-order chi connectivity index (χ1) is 9.88. The maximum atomic E-state index is 12.2. The molecule has 0 saturated carbocycles. The van der Waals surface area contributed by atoms with E-state index in [1.807, 2.05) is 6.92 Å². The molecule has 0 aromatic heterocycles. The van der Waals surface area contributed by atoms with Crippen LogP contribution in [0, 0.1) is 0 Å². The Morgan fingerprint density at radius 2 is 2.00 bits per heavy atom. The van der Waals surface area contributed by atoms with Gasteiger partial charge in [0.25, 0.3) is 0 Å². The number of rotatable bonds is 3. The average molecular weight is 290 g/mol. The van der Waals surface area contributed by atoms with E-state index in [0.717, 1.165) is 12.1 Å². The zero-order chi connectivity index (χ0) is 15.5. The first-order valence-electron chi connectivity index (χ1n) is 7.60. The molecule has 1 aromatic carbocycles. The van der Waals surface area contributed by atoms with Crippen molar-refractivity contribution >= 4 is 5.91 Å². The summed E-state index contributed by atoms with van der Waals surface area (Å²) < 4.78 is 5.32. The molecule has 2 unspecified atom stereocenters. The van der Waals surface area contributed by atoms with E-state index in [-0.39, 0.29) is 23.4 Å². The lowest BCUT2D eigenvalue weighted by Crippen LogP contribution is -2.51. The van der Waals surface area contributed by atoms with E-state index < -0.39 is 0 Å². The topological polar surface area (TPSA) is 50.4 Å². The van der Waals surface area contributed by atoms with E-state index in [4.69, 9.17) is 4.74 Å². The highest BCUT2D eigenvalue weighted by molar-refractivity contribution is 5.82. The van der Waals surface area contributed by atoms with Crippen LogP contribution in [-0.4, -0.2) is 31.7 Å². The Morgan fingerprint density at radius 1 is 1.33 bits per heavy atom. The smallest absolute Gasteiger partial charge is 0.240 e. The van der Waals surface area contributed by atoms with E-state index in [0.29, 0.717) is 13.2 Å². The largest absolute Gasteiger partial charge is 0.378 e. The van der Waals surface area contributed by atoms with Gasteiger partial charge in [-0.3, -0.25) is 4.79 Å². The Hall–Kier alpha value is -1.39. The van der Waals surface area contributed by atoms with Crippen LogP contribution in [0.3, 0.4) is 0 Å². The Bertz CT molecular complexity index is 471. The Balaban J connectivity index is 1.96. The van der Waals surface area contributed by atoms with Crippen molar-refractivity contribution in [2.75, 3.05) is 19.8 Å². The summed E-state index contributed by atoms with van der Waals surface area (Å²) in [4.78, 5) is 12.2. The van der Waals surface area contributed by atoms with Gasteiger partial charge in [-0.1, -0.05) is 45.0 Å². The van der Waals surface area contributed by atoms with Crippen LogP contribution in [0.5, 0.6) is 0 Å². The first kappa shape index (κ1) is 16.0. The van der Waals surface area contributed by atoms with Crippen molar-refractivity contribution in [3.05, 3.63) is 35.4 Å². The molecular formula is C17H26N2O2. The lowest BCUT2D eigenvalue weighted by atomic mass is 9.86. The van der Waals surface area contributed by atoms with Crippen LogP contribution in [-0.2, 0) is 14.9 Å². The number of carbonyl (C=O) groups excluding carboxylic acids is 1. The van der Waals surface area contributed by atoms with Crippen LogP contribution in [0.1, 0.15) is 44.9 Å². The summed E-state index contributed by atoms with van der Waals surface area (Å²) in [5, 5.41) is 6.21. The number of morpholine rings is 1. The van der Waals surface area contributed by atoms with Crippen molar-refractivity contribution in [3.63, 3.8) is 0 Å². The fraction of sp³-hybridized carbons (Fsp3) is 0.588. The van der Waals surface area contributed by atoms with E-state index in [1.54, 1.807) is 0 Å². The maximum Gasteiger partial charge on any atom is 0.240 e. The molecule has 4 nitrogen and oxygen atoms in total. The van der Waals surface area contributed by atoms with Gasteiger partial charge >= 0.3 is 0 Å². The van der Waals surface area contributed by atoms with Crippen LogP contribution in [0.2, 0.25) is 0 Å². The number of ether oxygens (including phenoxy) is 1. The monoisotopic (exact) mass is 290 g/mol. The van der Waals surface area contributed by atoms with Gasteiger partial charge in [-0.05, 0) is 23.5 Å². The molecule has 4 heteroatoms. The van der Waals surface area contributed by atoms with E-state index in [1.165, 1.54) is 5.56 Å². The SMILES string of the molecule is CC(NC(=O)C1COCCN1)c1ccc(C(C)(C)C)cc1. The molecule has 2 N–H and O–H groups in total. The maximum absolute atomic E-state index is 12.2. The van der Waals surface area contributed by atoms with Crippen molar-refractivity contribution in [2.45, 2.75) is 45.2 Å². The molecule has 1 amide bonds. The Morgan fingerprint density at radius 3 is 2.52 bits per heavy atom. The highest BCUT2D eigenvalue weighted by atomic mass is 16.5. The van der Waals surface area contributed by atoms with Crippen molar-refractivity contribution in [3.8, 4) is 0 Å². The number of hydrogen-bond donors (Lipinski definition) is 2. The molecule has 0 radical (unpaired) electrons. The summed E-state index contributed by atoms with van der Waals surface area (Å²) in [6.07, 6.45) is 0. The van der Waals surface area contributed by atoms with Crippen LogP contribution in [0.25, 0.3) is 0 Å². The first-order valence-corrected chi connectivity index (χ1v) is 7.60. The summed E-state index contributed by atoms with van der Waals surface area (Å²) >= 11 is 0. The van der Waals surface area contributed by atoms with Gasteiger partial charge in [-0.25, -0.2) is 0 Å². The second-order valence-corrected chi connectivity index (χ2v) is 6.68. The summed E-state index contributed by atoms with van der Waals surface area (Å²) in [5.74, 6) is 0.00194. The summed E-state index contributed by atoms with van der Waals surface area (Å²) in [5.41, 5.74) is 2.56. The van der Waals surface area contributed by atoms with E-state index >= 15 is 0 Å². The molecule has 1 heterocycles. The summed E-state index contributed by atoms with van der Waals surface area (Å²) in [7, 11) is 0. The van der Waals surface area contributed by atoms with Crippen molar-refractivity contribution < 1.29 is 9.53 Å². The second kappa shape index (κ2) is 6.58. The standard InChI is InChI=1S/C17H26N2O2/c1-12(19-16(20)15-11-21-10-9-18-15)13-5-7-14(8-6-13)17(2,3)4/h5-8,12,15,18H,9-11H2,1-4H3,(H,19,20). The van der Waals surface area contributed by atoms with Crippen molar-refractivity contribution in [2.24, 2.45) is 0 Å². The number of hydrogen-bond acceptors (Lipinski definition) is 3. The predicted molar refractivity (Wildman–Crippen MR) is 84.3 cm³/mol. The third kappa shape index (κ3) is 4.29. The normalized spacial score (nSPS) is 20.9. The molecule has 2 rings (SSSR count). The van der Waals surface area contributed by atoms with Gasteiger partial charge in [-0.2, -0.15) is 0 Å². The summed E-state index contributed by atoms with van der Waals surface area (Å²) in [6, 6.07) is 8.22. The third-order valence-corrected chi connectivity index (χ3v) is 3.87. The van der Waals surface area contributed by atoms with Crippen molar-refractivity contribution in [1.82, 2.24) is 10.6 Å².